The van der Waals surface area contributed by atoms with Crippen molar-refractivity contribution in [3.8, 4) is 17.2 Å². The number of halogens is 3. The lowest BCUT2D eigenvalue weighted by atomic mass is 10.1. The van der Waals surface area contributed by atoms with Crippen LogP contribution >= 0.6 is 0 Å². The molecule has 0 aliphatic carbocycles. The molecule has 0 spiro atoms. The van der Waals surface area contributed by atoms with Gasteiger partial charge >= 0.3 is 6.18 Å². The molecule has 2 N–H and O–H groups in total. The number of aromatic hydroxyl groups is 2. The first-order chi connectivity index (χ1) is 10.8. The van der Waals surface area contributed by atoms with Crippen LogP contribution in [0.5, 0.6) is 17.2 Å². The summed E-state index contributed by atoms with van der Waals surface area (Å²) < 4.78 is 42.7. The van der Waals surface area contributed by atoms with Crippen molar-refractivity contribution >= 4 is 11.9 Å². The number of phenols is 2. The molecule has 2 aromatic rings. The average molecular weight is 322 g/mol. The Morgan fingerprint density at radius 3 is 2.26 bits per heavy atom. The molecular weight excluding hydrogens is 313 g/mol. The summed E-state index contributed by atoms with van der Waals surface area (Å²) in [7, 11) is 0. The van der Waals surface area contributed by atoms with E-state index in [1.807, 2.05) is 0 Å². The molecule has 2 aromatic carbocycles. The van der Waals surface area contributed by atoms with Crippen molar-refractivity contribution < 1.29 is 32.9 Å². The molecule has 0 saturated carbocycles. The Balaban J connectivity index is 1.93. The first-order valence-electron chi connectivity index (χ1n) is 6.44. The Morgan fingerprint density at radius 2 is 1.65 bits per heavy atom. The van der Waals surface area contributed by atoms with Gasteiger partial charge in [-0.15, -0.1) is 0 Å². The third kappa shape index (κ3) is 2.61. The Kier molecular flexibility index (Phi) is 3.28. The number of hydrogen-bond donors (Lipinski definition) is 2. The van der Waals surface area contributed by atoms with Crippen LogP contribution in [0.25, 0.3) is 6.08 Å². The quantitative estimate of drug-likeness (QED) is 0.620. The zero-order chi connectivity index (χ0) is 16.8. The number of carbonyl (C=O) groups is 1. The van der Waals surface area contributed by atoms with Crippen LogP contribution in [-0.4, -0.2) is 16.0 Å². The molecule has 0 bridgehead atoms. The zero-order valence-electron chi connectivity index (χ0n) is 11.4. The lowest BCUT2D eigenvalue weighted by Crippen LogP contribution is -2.04. The summed E-state index contributed by atoms with van der Waals surface area (Å²) in [5, 5.41) is 19.1. The van der Waals surface area contributed by atoms with Crippen molar-refractivity contribution in [2.24, 2.45) is 0 Å². The van der Waals surface area contributed by atoms with E-state index in [0.29, 0.717) is 5.56 Å². The Morgan fingerprint density at radius 1 is 1.00 bits per heavy atom. The van der Waals surface area contributed by atoms with Crippen molar-refractivity contribution in [1.82, 2.24) is 0 Å². The van der Waals surface area contributed by atoms with E-state index in [4.69, 9.17) is 4.74 Å². The number of alkyl halides is 3. The lowest BCUT2D eigenvalue weighted by Gasteiger charge is -2.06. The van der Waals surface area contributed by atoms with Gasteiger partial charge in [0.15, 0.2) is 17.3 Å². The van der Waals surface area contributed by atoms with Crippen molar-refractivity contribution in [2.75, 3.05) is 0 Å². The minimum absolute atomic E-state index is 0.0680. The third-order valence-corrected chi connectivity index (χ3v) is 3.33. The van der Waals surface area contributed by atoms with Crippen LogP contribution in [0, 0.1) is 0 Å². The first-order valence-corrected chi connectivity index (χ1v) is 6.44. The molecule has 0 saturated heterocycles. The van der Waals surface area contributed by atoms with Crippen molar-refractivity contribution in [1.29, 1.82) is 0 Å². The van der Waals surface area contributed by atoms with Gasteiger partial charge < -0.3 is 14.9 Å². The van der Waals surface area contributed by atoms with E-state index in [2.05, 4.69) is 0 Å². The molecule has 4 nitrogen and oxygen atoms in total. The van der Waals surface area contributed by atoms with Gasteiger partial charge in [0.1, 0.15) is 0 Å². The Labute approximate surface area is 128 Å². The van der Waals surface area contributed by atoms with Crippen LogP contribution < -0.4 is 4.74 Å². The Bertz CT molecular complexity index is 820. The fourth-order valence-corrected chi connectivity index (χ4v) is 2.15. The SMILES string of the molecule is O=C1/C(=C\c2ccc(C(F)(F)F)cc2)Oc2c1ccc(O)c2O. The van der Waals surface area contributed by atoms with Crippen molar-refractivity contribution in [3.05, 3.63) is 58.8 Å². The van der Waals surface area contributed by atoms with Crippen LogP contribution in [0.1, 0.15) is 21.5 Å². The third-order valence-electron chi connectivity index (χ3n) is 3.33. The normalized spacial score (nSPS) is 15.6. The van der Waals surface area contributed by atoms with Gasteiger partial charge in [-0.3, -0.25) is 4.79 Å². The molecule has 1 aliphatic heterocycles. The molecule has 7 heteroatoms. The summed E-state index contributed by atoms with van der Waals surface area (Å²) >= 11 is 0. The maximum atomic E-state index is 12.5. The van der Waals surface area contributed by atoms with E-state index < -0.39 is 29.0 Å². The second kappa shape index (κ2) is 5.05. The van der Waals surface area contributed by atoms with Gasteiger partial charge in [-0.1, -0.05) is 12.1 Å². The van der Waals surface area contributed by atoms with E-state index >= 15 is 0 Å². The molecule has 0 unspecified atom stereocenters. The van der Waals surface area contributed by atoms with E-state index in [-0.39, 0.29) is 17.1 Å². The van der Waals surface area contributed by atoms with Gasteiger partial charge in [-0.05, 0) is 35.9 Å². The van der Waals surface area contributed by atoms with Gasteiger partial charge in [0.25, 0.3) is 0 Å². The minimum atomic E-state index is -4.44. The minimum Gasteiger partial charge on any atom is -0.504 e. The summed E-state index contributed by atoms with van der Waals surface area (Å²) in [6.45, 7) is 0. The standard InChI is InChI=1S/C16H9F3O4/c17-16(18,19)9-3-1-8(2-4-9)7-12-13(21)10-5-6-11(20)14(22)15(10)23-12/h1-7,20,22H/b12-7+. The smallest absolute Gasteiger partial charge is 0.416 e. The van der Waals surface area contributed by atoms with Crippen LogP contribution in [0.15, 0.2) is 42.2 Å². The van der Waals surface area contributed by atoms with Crippen molar-refractivity contribution in [3.63, 3.8) is 0 Å². The van der Waals surface area contributed by atoms with E-state index in [1.165, 1.54) is 24.3 Å². The average Bonchev–Trinajstić information content (AvgIpc) is 2.80. The molecular formula is C16H9F3O4. The highest BCUT2D eigenvalue weighted by molar-refractivity contribution is 6.15. The van der Waals surface area contributed by atoms with Crippen LogP contribution in [0.4, 0.5) is 13.2 Å². The number of ether oxygens (including phenoxy) is 1. The number of benzene rings is 2. The Hall–Kier alpha value is -2.96. The number of carbonyl (C=O) groups excluding carboxylic acids is 1. The number of hydrogen-bond acceptors (Lipinski definition) is 4. The molecule has 1 heterocycles. The molecule has 3 rings (SSSR count). The van der Waals surface area contributed by atoms with Gasteiger partial charge in [-0.25, -0.2) is 0 Å². The molecule has 0 atom stereocenters. The monoisotopic (exact) mass is 322 g/mol. The fourth-order valence-electron chi connectivity index (χ4n) is 2.15. The second-order valence-electron chi connectivity index (χ2n) is 4.87. The molecule has 0 radical (unpaired) electrons. The number of Topliss-reactive ketones (excluding diaryl/α,β-unsaturated/α-hetero) is 1. The molecule has 0 fully saturated rings. The number of allylic oxidation sites excluding steroid dienone is 1. The second-order valence-corrected chi connectivity index (χ2v) is 4.87. The summed E-state index contributed by atoms with van der Waals surface area (Å²) in [5.41, 5.74) is -0.402. The summed E-state index contributed by atoms with van der Waals surface area (Å²) in [5.74, 6) is -1.86. The van der Waals surface area contributed by atoms with Gasteiger partial charge in [0, 0.05) is 0 Å². The molecule has 0 aromatic heterocycles. The maximum absolute atomic E-state index is 12.5. The van der Waals surface area contributed by atoms with Gasteiger partial charge in [0.2, 0.25) is 11.5 Å². The van der Waals surface area contributed by atoms with Crippen LogP contribution in [0.2, 0.25) is 0 Å². The zero-order valence-corrected chi connectivity index (χ0v) is 11.4. The molecule has 0 amide bonds. The van der Waals surface area contributed by atoms with E-state index in [0.717, 1.165) is 18.2 Å². The number of phenolic OH excluding ortho intramolecular Hbond substituents is 2. The van der Waals surface area contributed by atoms with Crippen molar-refractivity contribution in [2.45, 2.75) is 6.18 Å². The van der Waals surface area contributed by atoms with Gasteiger partial charge in [0.05, 0.1) is 11.1 Å². The molecule has 1 aliphatic rings. The summed E-state index contributed by atoms with van der Waals surface area (Å²) in [4.78, 5) is 12.1. The highest BCUT2D eigenvalue weighted by Gasteiger charge is 2.32. The largest absolute Gasteiger partial charge is 0.504 e. The summed E-state index contributed by atoms with van der Waals surface area (Å²) in [6, 6.07) is 6.63. The predicted octanol–water partition coefficient (Wildman–Crippen LogP) is 3.73. The fraction of sp³-hybridized carbons (Fsp3) is 0.0625. The van der Waals surface area contributed by atoms with E-state index in [1.54, 1.807) is 0 Å². The van der Waals surface area contributed by atoms with Crippen LogP contribution in [-0.2, 0) is 6.18 Å². The highest BCUT2D eigenvalue weighted by atomic mass is 19.4. The highest BCUT2D eigenvalue weighted by Crippen LogP contribution is 2.44. The number of rotatable bonds is 1. The number of ketones is 1. The van der Waals surface area contributed by atoms with Gasteiger partial charge in [-0.2, -0.15) is 13.2 Å². The first kappa shape index (κ1) is 15.0. The van der Waals surface area contributed by atoms with Crippen LogP contribution in [0.3, 0.4) is 0 Å². The topological polar surface area (TPSA) is 66.8 Å². The summed E-state index contributed by atoms with van der Waals surface area (Å²) in [6.07, 6.45) is -3.18. The molecule has 23 heavy (non-hydrogen) atoms. The molecule has 118 valence electrons. The predicted molar refractivity (Wildman–Crippen MR) is 74.2 cm³/mol. The van der Waals surface area contributed by atoms with E-state index in [9.17, 15) is 28.2 Å². The number of fused-ring (bicyclic) bond motifs is 1. The maximum Gasteiger partial charge on any atom is 0.416 e. The lowest BCUT2D eigenvalue weighted by molar-refractivity contribution is -0.137.